The summed E-state index contributed by atoms with van der Waals surface area (Å²) in [5.74, 6) is -1.66. The molecular formula is C13H16F5N3O2. The van der Waals surface area contributed by atoms with E-state index < -0.39 is 43.5 Å². The van der Waals surface area contributed by atoms with Gasteiger partial charge in [0.15, 0.2) is 0 Å². The van der Waals surface area contributed by atoms with Crippen LogP contribution in [0.2, 0.25) is 0 Å². The predicted octanol–water partition coefficient (Wildman–Crippen LogP) is 2.40. The lowest BCUT2D eigenvalue weighted by atomic mass is 10.1. The Morgan fingerprint density at radius 2 is 1.91 bits per heavy atom. The van der Waals surface area contributed by atoms with Crippen LogP contribution in [-0.4, -0.2) is 37.6 Å². The fraction of sp³-hybridized carbons (Fsp3) is 0.462. The van der Waals surface area contributed by atoms with Gasteiger partial charge >= 0.3 is 6.61 Å². The Kier molecular flexibility index (Phi) is 7.17. The molecule has 130 valence electrons. The minimum Gasteiger partial charge on any atom is -0.378 e. The summed E-state index contributed by atoms with van der Waals surface area (Å²) in [5, 5.41) is 4.51. The molecule has 2 atom stereocenters. The van der Waals surface area contributed by atoms with Crippen LogP contribution in [0.3, 0.4) is 0 Å². The molecule has 1 rings (SSSR count). The van der Waals surface area contributed by atoms with Gasteiger partial charge in [-0.05, 0) is 25.1 Å². The van der Waals surface area contributed by atoms with Crippen molar-refractivity contribution in [3.63, 3.8) is 0 Å². The number of benzene rings is 1. The van der Waals surface area contributed by atoms with Gasteiger partial charge in [0.2, 0.25) is 5.91 Å². The van der Waals surface area contributed by atoms with Crippen molar-refractivity contribution in [1.82, 2.24) is 0 Å². The van der Waals surface area contributed by atoms with Gasteiger partial charge in [0, 0.05) is 0 Å². The van der Waals surface area contributed by atoms with Crippen molar-refractivity contribution in [2.24, 2.45) is 5.73 Å². The molecule has 4 N–H and O–H groups in total. The second-order valence-corrected chi connectivity index (χ2v) is 4.58. The molecule has 10 heteroatoms. The van der Waals surface area contributed by atoms with E-state index >= 15 is 0 Å². The first kappa shape index (κ1) is 19.1. The van der Waals surface area contributed by atoms with Crippen LogP contribution < -0.4 is 16.4 Å². The van der Waals surface area contributed by atoms with Crippen molar-refractivity contribution in [2.45, 2.75) is 32.1 Å². The number of carbonyl (C=O) groups is 1. The summed E-state index contributed by atoms with van der Waals surface area (Å²) in [6, 6.07) is 1.58. The first-order valence-corrected chi connectivity index (χ1v) is 6.52. The Hall–Kier alpha value is -1.94. The second-order valence-electron chi connectivity index (χ2n) is 4.58. The summed E-state index contributed by atoms with van der Waals surface area (Å²) in [7, 11) is 0. The van der Waals surface area contributed by atoms with Crippen molar-refractivity contribution in [1.29, 1.82) is 0 Å². The quantitative estimate of drug-likeness (QED) is 0.635. The fourth-order valence-corrected chi connectivity index (χ4v) is 1.64. The first-order valence-electron chi connectivity index (χ1n) is 6.52. The molecule has 0 aliphatic carbocycles. The van der Waals surface area contributed by atoms with E-state index in [0.29, 0.717) is 0 Å². The maximum Gasteiger partial charge on any atom is 0.345 e. The lowest BCUT2D eigenvalue weighted by Crippen LogP contribution is -2.45. The molecule has 0 heterocycles. The van der Waals surface area contributed by atoms with E-state index in [0.717, 1.165) is 25.1 Å². The summed E-state index contributed by atoms with van der Waals surface area (Å²) >= 11 is 0. The summed E-state index contributed by atoms with van der Waals surface area (Å²) in [6.07, 6.45) is -3.97. The molecule has 1 aromatic rings. The van der Waals surface area contributed by atoms with Gasteiger partial charge in [-0.3, -0.25) is 4.79 Å². The molecule has 0 unspecified atom stereocenters. The van der Waals surface area contributed by atoms with Gasteiger partial charge in [-0.15, -0.1) is 0 Å². The average molecular weight is 341 g/mol. The van der Waals surface area contributed by atoms with E-state index in [1.807, 2.05) is 0 Å². The van der Waals surface area contributed by atoms with E-state index in [1.54, 1.807) is 0 Å². The molecule has 5 nitrogen and oxygen atoms in total. The lowest BCUT2D eigenvalue weighted by Gasteiger charge is -2.20. The van der Waals surface area contributed by atoms with E-state index in [2.05, 4.69) is 15.4 Å². The zero-order valence-corrected chi connectivity index (χ0v) is 12.0. The van der Waals surface area contributed by atoms with Crippen LogP contribution in [0.15, 0.2) is 18.2 Å². The molecule has 1 aromatic carbocycles. The average Bonchev–Trinajstić information content (AvgIpc) is 2.44. The van der Waals surface area contributed by atoms with Crippen molar-refractivity contribution < 1.29 is 31.5 Å². The molecule has 0 aliphatic rings. The Labute approximate surface area is 129 Å². The monoisotopic (exact) mass is 341 g/mol. The number of anilines is 2. The number of alkyl halides is 4. The zero-order valence-electron chi connectivity index (χ0n) is 12.0. The van der Waals surface area contributed by atoms with Crippen LogP contribution in [0.4, 0.5) is 33.3 Å². The molecule has 0 bridgehead atoms. The van der Waals surface area contributed by atoms with E-state index in [-0.39, 0.29) is 11.4 Å². The minimum absolute atomic E-state index is 0.0367. The Bertz CT molecular complexity index is 530. The lowest BCUT2D eigenvalue weighted by molar-refractivity contribution is -0.165. The number of rotatable bonds is 8. The highest BCUT2D eigenvalue weighted by Crippen LogP contribution is 2.23. The van der Waals surface area contributed by atoms with Crippen molar-refractivity contribution >= 4 is 17.3 Å². The fourth-order valence-electron chi connectivity index (χ4n) is 1.64. The molecule has 0 saturated heterocycles. The van der Waals surface area contributed by atoms with Crippen molar-refractivity contribution in [2.75, 3.05) is 17.2 Å². The maximum atomic E-state index is 13.2. The highest BCUT2D eigenvalue weighted by molar-refractivity contribution is 5.97. The number of nitrogens with one attached hydrogen (secondary N) is 2. The Balaban J connectivity index is 2.81. The largest absolute Gasteiger partial charge is 0.378 e. The van der Waals surface area contributed by atoms with E-state index in [1.165, 1.54) is 0 Å². The van der Waals surface area contributed by atoms with Gasteiger partial charge in [0.1, 0.15) is 11.9 Å². The molecule has 0 radical (unpaired) electrons. The number of carbonyl (C=O) groups excluding carboxylic acids is 1. The molecule has 0 aliphatic heterocycles. The van der Waals surface area contributed by atoms with Crippen molar-refractivity contribution in [3.8, 4) is 0 Å². The minimum atomic E-state index is -3.11. The summed E-state index contributed by atoms with van der Waals surface area (Å²) in [5.41, 5.74) is 5.36. The topological polar surface area (TPSA) is 76.4 Å². The molecular weight excluding hydrogens is 325 g/mol. The third kappa shape index (κ3) is 6.37. The maximum absolute atomic E-state index is 13.2. The van der Waals surface area contributed by atoms with Gasteiger partial charge in [0.05, 0.1) is 24.0 Å². The van der Waals surface area contributed by atoms with Crippen molar-refractivity contribution in [3.05, 3.63) is 24.0 Å². The molecule has 0 saturated carbocycles. The van der Waals surface area contributed by atoms with Gasteiger partial charge in [-0.25, -0.2) is 13.2 Å². The molecule has 0 aromatic heterocycles. The Morgan fingerprint density at radius 1 is 1.26 bits per heavy atom. The van der Waals surface area contributed by atoms with Crippen LogP contribution in [-0.2, 0) is 9.53 Å². The van der Waals surface area contributed by atoms with Crippen LogP contribution in [0.25, 0.3) is 0 Å². The Morgan fingerprint density at radius 3 is 2.48 bits per heavy atom. The number of halogens is 5. The normalized spacial score (nSPS) is 14.0. The molecule has 1 amide bonds. The number of nitrogens with two attached hydrogens (primary N) is 1. The van der Waals surface area contributed by atoms with Gasteiger partial charge in [0.25, 0.3) is 6.43 Å². The van der Waals surface area contributed by atoms with Crippen LogP contribution >= 0.6 is 0 Å². The van der Waals surface area contributed by atoms with E-state index in [9.17, 15) is 26.7 Å². The first-order chi connectivity index (χ1) is 10.7. The van der Waals surface area contributed by atoms with Crippen LogP contribution in [0.5, 0.6) is 0 Å². The van der Waals surface area contributed by atoms with Gasteiger partial charge in [-0.1, -0.05) is 0 Å². The smallest absolute Gasteiger partial charge is 0.345 e. The molecule has 23 heavy (non-hydrogen) atoms. The third-order valence-corrected chi connectivity index (χ3v) is 2.81. The van der Waals surface area contributed by atoms with Crippen LogP contribution in [0, 0.1) is 5.82 Å². The summed E-state index contributed by atoms with van der Waals surface area (Å²) in [4.78, 5) is 11.9. The SMILES string of the molecule is C[C@@H](OC(F)F)[C@H](N)C(=O)Nc1cc(F)ccc1NCC(F)F. The summed E-state index contributed by atoms with van der Waals surface area (Å²) in [6.45, 7) is -2.66. The number of hydrogen-bond acceptors (Lipinski definition) is 4. The molecule has 0 spiro atoms. The number of ether oxygens (including phenoxy) is 1. The van der Waals surface area contributed by atoms with Crippen LogP contribution in [0.1, 0.15) is 6.92 Å². The standard InChI is InChI=1S/C13H16F5N3O2/c1-6(23-13(17)18)11(19)12(22)21-9-4-7(14)2-3-8(9)20-5-10(15)16/h2-4,6,10-11,13,20H,5,19H2,1H3,(H,21,22)/t6-,11+/m1/s1. The number of hydrogen-bond donors (Lipinski definition) is 3. The zero-order chi connectivity index (χ0) is 17.6. The van der Waals surface area contributed by atoms with E-state index in [4.69, 9.17) is 5.73 Å². The van der Waals surface area contributed by atoms with Gasteiger partial charge < -0.3 is 21.1 Å². The van der Waals surface area contributed by atoms with Gasteiger partial charge in [-0.2, -0.15) is 8.78 Å². The summed E-state index contributed by atoms with van der Waals surface area (Å²) < 4.78 is 66.0. The highest BCUT2D eigenvalue weighted by atomic mass is 19.3. The predicted molar refractivity (Wildman–Crippen MR) is 74.0 cm³/mol. The highest BCUT2D eigenvalue weighted by Gasteiger charge is 2.25. The molecule has 0 fully saturated rings. The third-order valence-electron chi connectivity index (χ3n) is 2.81. The number of amides is 1. The second kappa shape index (κ2) is 8.63.